The minimum Gasteiger partial charge on any atom is -0.345 e. The van der Waals surface area contributed by atoms with E-state index in [0.717, 1.165) is 12.1 Å². The van der Waals surface area contributed by atoms with Gasteiger partial charge in [0, 0.05) is 26.1 Å². The number of carbonyl (C=O) groups is 1. The fourth-order valence-electron chi connectivity index (χ4n) is 2.00. The highest BCUT2D eigenvalue weighted by Gasteiger charge is 2.08. The van der Waals surface area contributed by atoms with Gasteiger partial charge in [-0.05, 0) is 24.6 Å². The Hall–Kier alpha value is -1.83. The number of carbonyl (C=O) groups excluding carboxylic acids is 1. The first-order chi connectivity index (χ1) is 8.08. The standard InChI is InChI=1S/C15H17NO/c1-11-4-6-13(7-5-11)10-14-8-9-15(12(2)17)16(14)3/h4-9H,10H2,1-3H3. The van der Waals surface area contributed by atoms with Crippen LogP contribution in [-0.2, 0) is 13.5 Å². The summed E-state index contributed by atoms with van der Waals surface area (Å²) in [5.41, 5.74) is 4.48. The normalized spacial score (nSPS) is 10.5. The van der Waals surface area contributed by atoms with Crippen LogP contribution in [0.4, 0.5) is 0 Å². The second kappa shape index (κ2) is 4.58. The molecular weight excluding hydrogens is 210 g/mol. The lowest BCUT2D eigenvalue weighted by atomic mass is 10.1. The van der Waals surface area contributed by atoms with E-state index in [-0.39, 0.29) is 5.78 Å². The summed E-state index contributed by atoms with van der Waals surface area (Å²) in [7, 11) is 1.94. The van der Waals surface area contributed by atoms with Gasteiger partial charge in [-0.15, -0.1) is 0 Å². The van der Waals surface area contributed by atoms with E-state index in [4.69, 9.17) is 0 Å². The fraction of sp³-hybridized carbons (Fsp3) is 0.267. The largest absolute Gasteiger partial charge is 0.345 e. The van der Waals surface area contributed by atoms with Crippen LogP contribution >= 0.6 is 0 Å². The summed E-state index contributed by atoms with van der Waals surface area (Å²) < 4.78 is 1.97. The van der Waals surface area contributed by atoms with Crippen molar-refractivity contribution in [2.24, 2.45) is 7.05 Å². The van der Waals surface area contributed by atoms with Crippen molar-refractivity contribution in [2.75, 3.05) is 0 Å². The minimum atomic E-state index is 0.114. The molecule has 17 heavy (non-hydrogen) atoms. The number of Topliss-reactive ketones (excluding diaryl/α,β-unsaturated/α-hetero) is 1. The molecule has 1 aromatic carbocycles. The van der Waals surface area contributed by atoms with Gasteiger partial charge in [0.15, 0.2) is 5.78 Å². The van der Waals surface area contributed by atoms with Crippen molar-refractivity contribution in [2.45, 2.75) is 20.3 Å². The number of aryl methyl sites for hydroxylation is 1. The number of nitrogens with zero attached hydrogens (tertiary/aromatic N) is 1. The SMILES string of the molecule is CC(=O)c1ccc(Cc2ccc(C)cc2)n1C. The molecule has 0 fully saturated rings. The zero-order chi connectivity index (χ0) is 12.4. The molecule has 1 heterocycles. The van der Waals surface area contributed by atoms with Crippen molar-refractivity contribution in [3.63, 3.8) is 0 Å². The van der Waals surface area contributed by atoms with E-state index in [9.17, 15) is 4.79 Å². The number of rotatable bonds is 3. The van der Waals surface area contributed by atoms with E-state index in [0.29, 0.717) is 0 Å². The third kappa shape index (κ3) is 2.47. The van der Waals surface area contributed by atoms with Crippen molar-refractivity contribution >= 4 is 5.78 Å². The quantitative estimate of drug-likeness (QED) is 0.738. The summed E-state index contributed by atoms with van der Waals surface area (Å²) >= 11 is 0. The summed E-state index contributed by atoms with van der Waals surface area (Å²) in [6.45, 7) is 3.69. The molecule has 88 valence electrons. The van der Waals surface area contributed by atoms with Crippen LogP contribution in [0.1, 0.15) is 34.2 Å². The number of benzene rings is 1. The minimum absolute atomic E-state index is 0.114. The highest BCUT2D eigenvalue weighted by molar-refractivity contribution is 5.92. The molecule has 0 bridgehead atoms. The summed E-state index contributed by atoms with van der Waals surface area (Å²) in [5, 5.41) is 0. The van der Waals surface area contributed by atoms with Gasteiger partial charge in [-0.25, -0.2) is 0 Å². The number of aromatic nitrogens is 1. The van der Waals surface area contributed by atoms with Crippen LogP contribution in [0, 0.1) is 6.92 Å². The Labute approximate surface area is 102 Å². The monoisotopic (exact) mass is 227 g/mol. The second-order valence-electron chi connectivity index (χ2n) is 4.49. The van der Waals surface area contributed by atoms with Crippen LogP contribution in [0.2, 0.25) is 0 Å². The molecule has 1 aromatic heterocycles. The molecule has 2 nitrogen and oxygen atoms in total. The molecule has 0 aliphatic heterocycles. The van der Waals surface area contributed by atoms with Gasteiger partial charge < -0.3 is 4.57 Å². The first kappa shape index (κ1) is 11.6. The molecule has 0 unspecified atom stereocenters. The van der Waals surface area contributed by atoms with Crippen LogP contribution < -0.4 is 0 Å². The molecule has 2 rings (SSSR count). The Morgan fingerprint density at radius 1 is 1.12 bits per heavy atom. The van der Waals surface area contributed by atoms with E-state index in [1.165, 1.54) is 16.8 Å². The predicted molar refractivity (Wildman–Crippen MR) is 69.4 cm³/mol. The van der Waals surface area contributed by atoms with Gasteiger partial charge in [-0.3, -0.25) is 4.79 Å². The van der Waals surface area contributed by atoms with Crippen LogP contribution in [-0.4, -0.2) is 10.4 Å². The Morgan fingerprint density at radius 3 is 2.29 bits per heavy atom. The van der Waals surface area contributed by atoms with Crippen molar-refractivity contribution in [1.82, 2.24) is 4.57 Å². The number of ketones is 1. The topological polar surface area (TPSA) is 22.0 Å². The average molecular weight is 227 g/mol. The highest BCUT2D eigenvalue weighted by Crippen LogP contribution is 2.14. The lowest BCUT2D eigenvalue weighted by Crippen LogP contribution is -2.05. The van der Waals surface area contributed by atoms with Crippen LogP contribution in [0.5, 0.6) is 0 Å². The van der Waals surface area contributed by atoms with Gasteiger partial charge in [0.1, 0.15) is 0 Å². The van der Waals surface area contributed by atoms with Gasteiger partial charge in [0.25, 0.3) is 0 Å². The Kier molecular flexibility index (Phi) is 3.14. The van der Waals surface area contributed by atoms with E-state index in [1.54, 1.807) is 6.92 Å². The summed E-state index contributed by atoms with van der Waals surface area (Å²) in [4.78, 5) is 11.4. The molecule has 0 radical (unpaired) electrons. The maximum atomic E-state index is 11.4. The third-order valence-corrected chi connectivity index (χ3v) is 3.09. The predicted octanol–water partition coefficient (Wildman–Crippen LogP) is 3.13. The maximum absolute atomic E-state index is 11.4. The third-order valence-electron chi connectivity index (χ3n) is 3.09. The Bertz CT molecular complexity index is 535. The Morgan fingerprint density at radius 2 is 1.76 bits per heavy atom. The van der Waals surface area contributed by atoms with E-state index in [1.807, 2.05) is 23.7 Å². The molecule has 0 amide bonds. The van der Waals surface area contributed by atoms with Crippen molar-refractivity contribution in [3.8, 4) is 0 Å². The van der Waals surface area contributed by atoms with Crippen LogP contribution in [0.25, 0.3) is 0 Å². The van der Waals surface area contributed by atoms with Gasteiger partial charge in [-0.1, -0.05) is 29.8 Å². The zero-order valence-electron chi connectivity index (χ0n) is 10.5. The van der Waals surface area contributed by atoms with Crippen molar-refractivity contribution in [3.05, 3.63) is 58.9 Å². The average Bonchev–Trinajstić information content (AvgIpc) is 2.64. The molecule has 2 aromatic rings. The number of hydrogen-bond acceptors (Lipinski definition) is 1. The van der Waals surface area contributed by atoms with Gasteiger partial charge in [0.2, 0.25) is 0 Å². The summed E-state index contributed by atoms with van der Waals surface area (Å²) in [6.07, 6.45) is 0.865. The lowest BCUT2D eigenvalue weighted by molar-refractivity contribution is 0.101. The molecular formula is C15H17NO. The smallest absolute Gasteiger partial charge is 0.176 e. The molecule has 0 aliphatic rings. The van der Waals surface area contributed by atoms with Crippen molar-refractivity contribution < 1.29 is 4.79 Å². The zero-order valence-corrected chi connectivity index (χ0v) is 10.5. The second-order valence-corrected chi connectivity index (χ2v) is 4.49. The highest BCUT2D eigenvalue weighted by atomic mass is 16.1. The molecule has 0 atom stereocenters. The van der Waals surface area contributed by atoms with E-state index < -0.39 is 0 Å². The molecule has 0 saturated carbocycles. The molecule has 2 heteroatoms. The molecule has 0 aliphatic carbocycles. The maximum Gasteiger partial charge on any atom is 0.176 e. The van der Waals surface area contributed by atoms with Gasteiger partial charge >= 0.3 is 0 Å². The van der Waals surface area contributed by atoms with E-state index in [2.05, 4.69) is 31.2 Å². The fourth-order valence-corrected chi connectivity index (χ4v) is 2.00. The Balaban J connectivity index is 2.24. The molecule has 0 spiro atoms. The molecule has 0 N–H and O–H groups in total. The first-order valence-electron chi connectivity index (χ1n) is 5.79. The molecule has 0 saturated heterocycles. The van der Waals surface area contributed by atoms with E-state index >= 15 is 0 Å². The number of hydrogen-bond donors (Lipinski definition) is 0. The first-order valence-corrected chi connectivity index (χ1v) is 5.79. The van der Waals surface area contributed by atoms with Crippen LogP contribution in [0.3, 0.4) is 0 Å². The van der Waals surface area contributed by atoms with Crippen LogP contribution in [0.15, 0.2) is 36.4 Å². The summed E-state index contributed by atoms with van der Waals surface area (Å²) in [6, 6.07) is 12.4. The van der Waals surface area contributed by atoms with Crippen molar-refractivity contribution in [1.29, 1.82) is 0 Å². The lowest BCUT2D eigenvalue weighted by Gasteiger charge is -2.06. The summed E-state index contributed by atoms with van der Waals surface area (Å²) in [5.74, 6) is 0.114. The van der Waals surface area contributed by atoms with Gasteiger partial charge in [-0.2, -0.15) is 0 Å². The van der Waals surface area contributed by atoms with Gasteiger partial charge in [0.05, 0.1) is 5.69 Å².